The molecule has 5 nitrogen and oxygen atoms in total. The second kappa shape index (κ2) is 10.4. The van der Waals surface area contributed by atoms with E-state index in [1.54, 1.807) is 19.3 Å². The van der Waals surface area contributed by atoms with Crippen LogP contribution in [0.2, 0.25) is 0 Å². The highest BCUT2D eigenvalue weighted by Crippen LogP contribution is 2.23. The summed E-state index contributed by atoms with van der Waals surface area (Å²) in [6.07, 6.45) is 7.36. The molecule has 0 saturated carbocycles. The molecule has 0 amide bonds. The highest BCUT2D eigenvalue weighted by atomic mass is 16.5. The van der Waals surface area contributed by atoms with Gasteiger partial charge in [-0.05, 0) is 47.0 Å². The van der Waals surface area contributed by atoms with Crippen LogP contribution in [0.5, 0.6) is 5.75 Å². The number of methoxy groups -OCH3 is 1. The van der Waals surface area contributed by atoms with E-state index in [2.05, 4.69) is 23.0 Å². The van der Waals surface area contributed by atoms with Crippen LogP contribution in [0.15, 0.2) is 90.2 Å². The number of hydrogen-bond acceptors (Lipinski definition) is 4. The Morgan fingerprint density at radius 2 is 2.00 bits per heavy atom. The van der Waals surface area contributed by atoms with E-state index in [1.807, 2.05) is 42.5 Å². The van der Waals surface area contributed by atoms with Crippen molar-refractivity contribution < 1.29 is 14.6 Å². The monoisotopic (exact) mass is 362 g/mol. The first-order chi connectivity index (χ1) is 13.1. The second-order valence-corrected chi connectivity index (χ2v) is 5.56. The van der Waals surface area contributed by atoms with Crippen molar-refractivity contribution in [3.8, 4) is 16.9 Å². The molecule has 0 aliphatic heterocycles. The summed E-state index contributed by atoms with van der Waals surface area (Å²) in [5.74, 6) is -0.207. The standard InChI is InChI=1S/C22H22N2O3/c1-3-23-13-5-8-20(15-22(25)26)24-16-17-6-4-7-19(14-17)18-9-11-21(27-2)12-10-18/h3-15,24H,1,16H2,2H3,(H,25,26)/b8-5-,20-15-,23-13+. The van der Waals surface area contributed by atoms with Gasteiger partial charge in [0.15, 0.2) is 0 Å². The summed E-state index contributed by atoms with van der Waals surface area (Å²) in [6.45, 7) is 3.97. The Morgan fingerprint density at radius 1 is 1.22 bits per heavy atom. The fraction of sp³-hybridized carbons (Fsp3) is 0.0909. The van der Waals surface area contributed by atoms with Crippen LogP contribution in [0.3, 0.4) is 0 Å². The van der Waals surface area contributed by atoms with Crippen LogP contribution in [-0.4, -0.2) is 24.4 Å². The second-order valence-electron chi connectivity index (χ2n) is 5.56. The SMILES string of the molecule is C=C/N=C/C=C\C(=C\C(=O)O)NCc1cccc(-c2ccc(OC)cc2)c1. The molecule has 0 atom stereocenters. The predicted octanol–water partition coefficient (Wildman–Crippen LogP) is 4.19. The zero-order valence-corrected chi connectivity index (χ0v) is 15.1. The van der Waals surface area contributed by atoms with E-state index < -0.39 is 5.97 Å². The van der Waals surface area contributed by atoms with Crippen molar-refractivity contribution in [3.63, 3.8) is 0 Å². The van der Waals surface area contributed by atoms with Gasteiger partial charge in [0.1, 0.15) is 5.75 Å². The number of ether oxygens (including phenoxy) is 1. The van der Waals surface area contributed by atoms with Gasteiger partial charge in [0.25, 0.3) is 0 Å². The van der Waals surface area contributed by atoms with E-state index >= 15 is 0 Å². The Bertz CT molecular complexity index is 865. The molecule has 0 radical (unpaired) electrons. The first-order valence-corrected chi connectivity index (χ1v) is 8.35. The summed E-state index contributed by atoms with van der Waals surface area (Å²) in [5.41, 5.74) is 3.68. The molecule has 0 aromatic heterocycles. The fourth-order valence-electron chi connectivity index (χ4n) is 2.40. The van der Waals surface area contributed by atoms with Crippen molar-refractivity contribution in [2.45, 2.75) is 6.54 Å². The highest BCUT2D eigenvalue weighted by molar-refractivity contribution is 5.81. The van der Waals surface area contributed by atoms with Crippen LogP contribution in [0, 0.1) is 0 Å². The van der Waals surface area contributed by atoms with Crippen LogP contribution in [0.25, 0.3) is 11.1 Å². The molecule has 5 heteroatoms. The molecule has 2 rings (SSSR count). The van der Waals surface area contributed by atoms with Crippen molar-refractivity contribution in [2.24, 2.45) is 4.99 Å². The van der Waals surface area contributed by atoms with Crippen molar-refractivity contribution in [1.29, 1.82) is 0 Å². The molecule has 0 bridgehead atoms. The first-order valence-electron chi connectivity index (χ1n) is 8.35. The largest absolute Gasteiger partial charge is 0.497 e. The van der Waals surface area contributed by atoms with Crippen molar-refractivity contribution in [1.82, 2.24) is 5.32 Å². The molecule has 2 aromatic rings. The summed E-state index contributed by atoms with van der Waals surface area (Å²) in [4.78, 5) is 14.8. The summed E-state index contributed by atoms with van der Waals surface area (Å²) < 4.78 is 5.19. The van der Waals surface area contributed by atoms with Crippen molar-refractivity contribution in [3.05, 3.63) is 90.8 Å². The Balaban J connectivity index is 2.11. The maximum absolute atomic E-state index is 11.0. The quantitative estimate of drug-likeness (QED) is 0.399. The number of benzene rings is 2. The lowest BCUT2D eigenvalue weighted by Crippen LogP contribution is -2.13. The topological polar surface area (TPSA) is 70.9 Å². The maximum Gasteiger partial charge on any atom is 0.330 e. The minimum absolute atomic E-state index is 0.480. The van der Waals surface area contributed by atoms with Gasteiger partial charge in [0, 0.05) is 30.7 Å². The van der Waals surface area contributed by atoms with Crippen LogP contribution in [-0.2, 0) is 11.3 Å². The lowest BCUT2D eigenvalue weighted by molar-refractivity contribution is -0.131. The fourth-order valence-corrected chi connectivity index (χ4v) is 2.40. The lowest BCUT2D eigenvalue weighted by Gasteiger charge is -2.09. The van der Waals surface area contributed by atoms with Gasteiger partial charge in [-0.2, -0.15) is 0 Å². The summed E-state index contributed by atoms with van der Waals surface area (Å²) in [5, 5.41) is 12.1. The number of allylic oxidation sites excluding steroid dienone is 2. The van der Waals surface area contributed by atoms with Gasteiger partial charge in [-0.3, -0.25) is 4.99 Å². The number of nitrogens with one attached hydrogen (secondary N) is 1. The van der Waals surface area contributed by atoms with Gasteiger partial charge >= 0.3 is 5.97 Å². The van der Waals surface area contributed by atoms with Crippen molar-refractivity contribution in [2.75, 3.05) is 7.11 Å². The summed E-state index contributed by atoms with van der Waals surface area (Å²) in [7, 11) is 1.64. The molecule has 138 valence electrons. The number of hydrogen-bond donors (Lipinski definition) is 2. The smallest absolute Gasteiger partial charge is 0.330 e. The number of nitrogens with zero attached hydrogens (tertiary/aromatic N) is 1. The molecule has 0 saturated heterocycles. The highest BCUT2D eigenvalue weighted by Gasteiger charge is 2.02. The van der Waals surface area contributed by atoms with E-state index in [0.717, 1.165) is 28.5 Å². The number of carboxylic acids is 1. The Kier molecular flexibility index (Phi) is 7.60. The van der Waals surface area contributed by atoms with Gasteiger partial charge in [0.2, 0.25) is 0 Å². The van der Waals surface area contributed by atoms with E-state index in [0.29, 0.717) is 12.2 Å². The molecule has 0 aliphatic rings. The number of carbonyl (C=O) groups is 1. The van der Waals surface area contributed by atoms with Crippen LogP contribution >= 0.6 is 0 Å². The first kappa shape index (κ1) is 19.7. The molecule has 2 N–H and O–H groups in total. The third kappa shape index (κ3) is 6.66. The van der Waals surface area contributed by atoms with Crippen LogP contribution in [0.1, 0.15) is 5.56 Å². The Labute approximate surface area is 159 Å². The van der Waals surface area contributed by atoms with Gasteiger partial charge in [-0.25, -0.2) is 4.79 Å². The third-order valence-electron chi connectivity index (χ3n) is 3.68. The molecule has 0 unspecified atom stereocenters. The molecule has 0 fully saturated rings. The summed E-state index contributed by atoms with van der Waals surface area (Å²) in [6, 6.07) is 15.9. The van der Waals surface area contributed by atoms with Gasteiger partial charge in [-0.15, -0.1) is 0 Å². The van der Waals surface area contributed by atoms with E-state index in [4.69, 9.17) is 9.84 Å². The van der Waals surface area contributed by atoms with E-state index in [1.165, 1.54) is 12.4 Å². The Morgan fingerprint density at radius 3 is 2.67 bits per heavy atom. The minimum atomic E-state index is -1.02. The predicted molar refractivity (Wildman–Crippen MR) is 109 cm³/mol. The lowest BCUT2D eigenvalue weighted by atomic mass is 10.0. The molecular formula is C22H22N2O3. The zero-order valence-electron chi connectivity index (χ0n) is 15.1. The molecule has 27 heavy (non-hydrogen) atoms. The molecule has 0 heterocycles. The average molecular weight is 362 g/mol. The van der Waals surface area contributed by atoms with Crippen molar-refractivity contribution >= 4 is 12.2 Å². The van der Waals surface area contributed by atoms with Gasteiger partial charge in [-0.1, -0.05) is 36.9 Å². The molecule has 0 spiro atoms. The number of rotatable bonds is 9. The molecule has 0 aliphatic carbocycles. The van der Waals surface area contributed by atoms with Gasteiger partial charge < -0.3 is 15.2 Å². The molecular weight excluding hydrogens is 340 g/mol. The minimum Gasteiger partial charge on any atom is -0.497 e. The normalized spacial score (nSPS) is 11.7. The number of carboxylic acid groups (broad SMARTS) is 1. The number of aliphatic imine (C=N–C) groups is 1. The third-order valence-corrected chi connectivity index (χ3v) is 3.68. The van der Waals surface area contributed by atoms with E-state index in [-0.39, 0.29) is 0 Å². The summed E-state index contributed by atoms with van der Waals surface area (Å²) >= 11 is 0. The van der Waals surface area contributed by atoms with E-state index in [9.17, 15) is 4.79 Å². The Hall–Kier alpha value is -3.60. The zero-order chi connectivity index (χ0) is 19.5. The van der Waals surface area contributed by atoms with Crippen LogP contribution < -0.4 is 10.1 Å². The van der Waals surface area contributed by atoms with Gasteiger partial charge in [0.05, 0.1) is 7.11 Å². The average Bonchev–Trinajstić information content (AvgIpc) is 2.69. The van der Waals surface area contributed by atoms with Crippen LogP contribution in [0.4, 0.5) is 0 Å². The number of aliphatic carboxylic acids is 1. The maximum atomic E-state index is 11.0. The molecule has 2 aromatic carbocycles.